The van der Waals surface area contributed by atoms with Gasteiger partial charge in [-0.1, -0.05) is 36.4 Å². The van der Waals surface area contributed by atoms with Crippen molar-refractivity contribution in [3.8, 4) is 5.75 Å². The predicted molar refractivity (Wildman–Crippen MR) is 124 cm³/mol. The average Bonchev–Trinajstić information content (AvgIpc) is 2.68. The molecule has 6 nitrogen and oxygen atoms in total. The van der Waals surface area contributed by atoms with Crippen molar-refractivity contribution in [1.82, 2.24) is 15.5 Å². The van der Waals surface area contributed by atoms with Gasteiger partial charge in [0.15, 0.2) is 5.96 Å². The van der Waals surface area contributed by atoms with Gasteiger partial charge in [0, 0.05) is 20.6 Å². The molecular weight excluding hydrogens is 467 g/mol. The Bertz CT molecular complexity index is 776. The lowest BCUT2D eigenvalue weighted by Crippen LogP contribution is -2.42. The highest BCUT2D eigenvalue weighted by molar-refractivity contribution is 14.0. The van der Waals surface area contributed by atoms with E-state index >= 15 is 0 Å². The van der Waals surface area contributed by atoms with Crippen LogP contribution in [0.5, 0.6) is 5.75 Å². The van der Waals surface area contributed by atoms with Crippen molar-refractivity contribution in [1.29, 1.82) is 0 Å². The van der Waals surface area contributed by atoms with Crippen molar-refractivity contribution >= 4 is 35.8 Å². The van der Waals surface area contributed by atoms with E-state index in [1.165, 1.54) is 11.1 Å². The molecule has 0 aromatic heterocycles. The molecule has 152 valence electrons. The normalized spacial score (nSPS) is 10.6. The maximum Gasteiger partial charge on any atom is 0.241 e. The number of guanidine groups is 1. The Balaban J connectivity index is 0.00000392. The number of benzene rings is 2. The van der Waals surface area contributed by atoms with Crippen molar-refractivity contribution in [3.63, 3.8) is 0 Å². The van der Waals surface area contributed by atoms with Crippen molar-refractivity contribution in [2.24, 2.45) is 4.99 Å². The van der Waals surface area contributed by atoms with Crippen LogP contribution < -0.4 is 15.4 Å². The molecule has 0 atom stereocenters. The molecule has 0 heterocycles. The van der Waals surface area contributed by atoms with E-state index in [-0.39, 0.29) is 36.4 Å². The van der Waals surface area contributed by atoms with Gasteiger partial charge in [-0.2, -0.15) is 0 Å². The fourth-order valence-electron chi connectivity index (χ4n) is 2.38. The second-order valence-electron chi connectivity index (χ2n) is 6.43. The number of aliphatic imine (C=N–C) groups is 1. The van der Waals surface area contributed by atoms with Crippen molar-refractivity contribution in [3.05, 3.63) is 65.2 Å². The van der Waals surface area contributed by atoms with E-state index in [2.05, 4.69) is 34.7 Å². The third kappa shape index (κ3) is 7.75. The van der Waals surface area contributed by atoms with Gasteiger partial charge in [-0.25, -0.2) is 4.99 Å². The fourth-order valence-corrected chi connectivity index (χ4v) is 2.38. The van der Waals surface area contributed by atoms with Gasteiger partial charge in [0.05, 0.1) is 20.2 Å². The molecule has 0 spiro atoms. The first kappa shape index (κ1) is 23.7. The minimum atomic E-state index is -0.00941. The number of hydrogen-bond acceptors (Lipinski definition) is 3. The van der Waals surface area contributed by atoms with Crippen molar-refractivity contribution in [2.45, 2.75) is 20.0 Å². The minimum absolute atomic E-state index is 0. The van der Waals surface area contributed by atoms with Crippen LogP contribution in [0.25, 0.3) is 0 Å². The van der Waals surface area contributed by atoms with E-state index in [1.54, 1.807) is 26.1 Å². The summed E-state index contributed by atoms with van der Waals surface area (Å²) in [5, 5.41) is 6.41. The zero-order chi connectivity index (χ0) is 19.6. The Morgan fingerprint density at radius 2 is 1.75 bits per heavy atom. The number of ether oxygens (including phenoxy) is 1. The third-order valence-corrected chi connectivity index (χ3v) is 4.19. The van der Waals surface area contributed by atoms with Crippen LogP contribution in [0.4, 0.5) is 0 Å². The number of carbonyl (C=O) groups is 1. The quantitative estimate of drug-likeness (QED) is 0.352. The van der Waals surface area contributed by atoms with E-state index < -0.39 is 0 Å². The highest BCUT2D eigenvalue weighted by Gasteiger charge is 2.07. The highest BCUT2D eigenvalue weighted by Crippen LogP contribution is 2.12. The lowest BCUT2D eigenvalue weighted by molar-refractivity contribution is -0.127. The number of amides is 1. The number of rotatable bonds is 7. The van der Waals surface area contributed by atoms with Crippen molar-refractivity contribution < 1.29 is 9.53 Å². The number of aryl methyl sites for hydroxylation is 1. The molecule has 0 saturated heterocycles. The summed E-state index contributed by atoms with van der Waals surface area (Å²) in [6, 6.07) is 16.0. The second kappa shape index (κ2) is 12.2. The lowest BCUT2D eigenvalue weighted by atomic mass is 10.1. The zero-order valence-electron chi connectivity index (χ0n) is 16.9. The van der Waals surface area contributed by atoms with Gasteiger partial charge in [0.25, 0.3) is 0 Å². The number of carbonyl (C=O) groups excluding carboxylic acids is 1. The van der Waals surface area contributed by atoms with Crippen LogP contribution in [0.1, 0.15) is 16.7 Å². The van der Waals surface area contributed by atoms with Crippen LogP contribution in [0.3, 0.4) is 0 Å². The molecule has 1 amide bonds. The van der Waals surface area contributed by atoms with Gasteiger partial charge >= 0.3 is 0 Å². The van der Waals surface area contributed by atoms with Crippen LogP contribution in [-0.2, 0) is 17.9 Å². The number of likely N-dealkylation sites (N-methyl/N-ethyl adjacent to an activating group) is 1. The van der Waals surface area contributed by atoms with Gasteiger partial charge < -0.3 is 20.3 Å². The summed E-state index contributed by atoms with van der Waals surface area (Å²) in [6.07, 6.45) is 0. The Hall–Kier alpha value is -2.29. The molecule has 0 fully saturated rings. The first-order chi connectivity index (χ1) is 13.0. The third-order valence-electron chi connectivity index (χ3n) is 4.19. The Kier molecular flexibility index (Phi) is 10.4. The molecule has 2 aromatic carbocycles. The number of hydrogen-bond donors (Lipinski definition) is 2. The van der Waals surface area contributed by atoms with Gasteiger partial charge in [-0.05, 0) is 35.7 Å². The summed E-state index contributed by atoms with van der Waals surface area (Å²) in [5.41, 5.74) is 3.46. The van der Waals surface area contributed by atoms with Crippen LogP contribution in [0, 0.1) is 6.92 Å². The van der Waals surface area contributed by atoms with E-state index in [4.69, 9.17) is 4.74 Å². The van der Waals surface area contributed by atoms with E-state index in [9.17, 15) is 4.79 Å². The largest absolute Gasteiger partial charge is 0.497 e. The van der Waals surface area contributed by atoms with Crippen LogP contribution >= 0.6 is 24.0 Å². The van der Waals surface area contributed by atoms with Gasteiger partial charge in [0.2, 0.25) is 5.91 Å². The predicted octanol–water partition coefficient (Wildman–Crippen LogP) is 2.95. The molecule has 0 aliphatic rings. The highest BCUT2D eigenvalue weighted by atomic mass is 127. The van der Waals surface area contributed by atoms with E-state index in [1.807, 2.05) is 36.4 Å². The monoisotopic (exact) mass is 496 g/mol. The summed E-state index contributed by atoms with van der Waals surface area (Å²) >= 11 is 0. The topological polar surface area (TPSA) is 66.0 Å². The average molecular weight is 496 g/mol. The molecule has 7 heteroatoms. The SMILES string of the molecule is COc1ccc(CN=C(NCC(=O)N(C)C)NCc2ccccc2C)cc1.I. The first-order valence-corrected chi connectivity index (χ1v) is 8.89. The molecule has 0 aliphatic carbocycles. The molecule has 0 bridgehead atoms. The molecule has 2 rings (SSSR count). The van der Waals surface area contributed by atoms with Crippen LogP contribution in [-0.4, -0.2) is 44.5 Å². The summed E-state index contributed by atoms with van der Waals surface area (Å²) in [6.45, 7) is 3.41. The fraction of sp³-hybridized carbons (Fsp3) is 0.333. The van der Waals surface area contributed by atoms with E-state index in [0.717, 1.165) is 11.3 Å². The minimum Gasteiger partial charge on any atom is -0.497 e. The smallest absolute Gasteiger partial charge is 0.241 e. The second-order valence-corrected chi connectivity index (χ2v) is 6.43. The molecule has 0 saturated carbocycles. The summed E-state index contributed by atoms with van der Waals surface area (Å²) in [4.78, 5) is 18.0. The van der Waals surface area contributed by atoms with Crippen LogP contribution in [0.15, 0.2) is 53.5 Å². The first-order valence-electron chi connectivity index (χ1n) is 8.89. The molecule has 28 heavy (non-hydrogen) atoms. The van der Waals surface area contributed by atoms with Crippen molar-refractivity contribution in [2.75, 3.05) is 27.7 Å². The molecule has 0 unspecified atom stereocenters. The molecule has 2 N–H and O–H groups in total. The number of methoxy groups -OCH3 is 1. The maximum absolute atomic E-state index is 11.9. The number of nitrogens with zero attached hydrogens (tertiary/aromatic N) is 2. The maximum atomic E-state index is 11.9. The lowest BCUT2D eigenvalue weighted by Gasteiger charge is -2.15. The Morgan fingerprint density at radius 3 is 2.36 bits per heavy atom. The summed E-state index contributed by atoms with van der Waals surface area (Å²) < 4.78 is 5.18. The van der Waals surface area contributed by atoms with Crippen LogP contribution in [0.2, 0.25) is 0 Å². The van der Waals surface area contributed by atoms with Gasteiger partial charge in [-0.15, -0.1) is 24.0 Å². The zero-order valence-corrected chi connectivity index (χ0v) is 19.2. The van der Waals surface area contributed by atoms with E-state index in [0.29, 0.717) is 19.0 Å². The number of nitrogens with one attached hydrogen (secondary N) is 2. The summed E-state index contributed by atoms with van der Waals surface area (Å²) in [7, 11) is 5.12. The molecule has 0 aliphatic heterocycles. The summed E-state index contributed by atoms with van der Waals surface area (Å²) in [5.74, 6) is 1.41. The Morgan fingerprint density at radius 1 is 1.07 bits per heavy atom. The number of halogens is 1. The molecule has 2 aromatic rings. The standard InChI is InChI=1S/C21H28N4O2.HI/c1-16-7-5-6-8-18(16)14-23-21(24-15-20(26)25(2)3)22-13-17-9-11-19(27-4)12-10-17;/h5-12H,13-15H2,1-4H3,(H2,22,23,24);1H. The van der Waals surface area contributed by atoms with Gasteiger partial charge in [-0.3, -0.25) is 4.79 Å². The Labute approximate surface area is 184 Å². The molecule has 0 radical (unpaired) electrons. The molecular formula is C21H29IN4O2. The van der Waals surface area contributed by atoms with Gasteiger partial charge in [0.1, 0.15) is 5.75 Å².